The van der Waals surface area contributed by atoms with Crippen LogP contribution in [0.15, 0.2) is 41.4 Å². The summed E-state index contributed by atoms with van der Waals surface area (Å²) >= 11 is 0. The van der Waals surface area contributed by atoms with E-state index < -0.39 is 29.4 Å². The third-order valence-electron chi connectivity index (χ3n) is 4.41. The topological polar surface area (TPSA) is 41.9 Å². The molecular formula is C21H20F6N2O2. The van der Waals surface area contributed by atoms with E-state index in [0.29, 0.717) is 12.6 Å². The minimum absolute atomic E-state index is 0.219. The van der Waals surface area contributed by atoms with E-state index in [2.05, 4.69) is 4.99 Å². The first-order valence-corrected chi connectivity index (χ1v) is 9.12. The summed E-state index contributed by atoms with van der Waals surface area (Å²) in [5, 5.41) is 0. The number of hydrogen-bond donors (Lipinski definition) is 0. The first-order valence-electron chi connectivity index (χ1n) is 9.12. The summed E-state index contributed by atoms with van der Waals surface area (Å²) in [7, 11) is 1.65. The highest BCUT2D eigenvalue weighted by atomic mass is 19.4. The number of benzene rings is 2. The molecule has 0 atom stereocenters. The Kier molecular flexibility index (Phi) is 7.35. The zero-order valence-corrected chi connectivity index (χ0v) is 16.9. The van der Waals surface area contributed by atoms with Gasteiger partial charge in [0.05, 0.1) is 28.7 Å². The predicted molar refractivity (Wildman–Crippen MR) is 103 cm³/mol. The number of alkyl halides is 6. The Labute approximate surface area is 175 Å². The normalized spacial score (nSPS) is 12.3. The maximum Gasteiger partial charge on any atom is 0.418 e. The summed E-state index contributed by atoms with van der Waals surface area (Å²) in [5.41, 5.74) is -2.12. The summed E-state index contributed by atoms with van der Waals surface area (Å²) in [5.74, 6) is -1.02. The number of esters is 1. The minimum Gasteiger partial charge on any atom is -0.457 e. The molecule has 0 unspecified atom stereocenters. The van der Waals surface area contributed by atoms with E-state index >= 15 is 0 Å². The molecule has 0 radical (unpaired) electrons. The number of ether oxygens (including phenoxy) is 1. The van der Waals surface area contributed by atoms with Crippen LogP contribution in [0.25, 0.3) is 0 Å². The molecular weight excluding hydrogens is 426 g/mol. The third kappa shape index (κ3) is 6.47. The second kappa shape index (κ2) is 9.40. The van der Waals surface area contributed by atoms with Crippen molar-refractivity contribution in [2.45, 2.75) is 32.8 Å². The minimum atomic E-state index is -4.76. The van der Waals surface area contributed by atoms with Crippen molar-refractivity contribution >= 4 is 18.0 Å². The van der Waals surface area contributed by atoms with Crippen LogP contribution in [0.2, 0.25) is 0 Å². The largest absolute Gasteiger partial charge is 0.457 e. The molecule has 4 nitrogen and oxygen atoms in total. The highest BCUT2D eigenvalue weighted by Crippen LogP contribution is 2.38. The average molecular weight is 446 g/mol. The van der Waals surface area contributed by atoms with Crippen LogP contribution >= 0.6 is 0 Å². The molecule has 2 aromatic rings. The first kappa shape index (κ1) is 24.2. The van der Waals surface area contributed by atoms with Gasteiger partial charge in [-0.25, -0.2) is 9.79 Å². The van der Waals surface area contributed by atoms with Crippen LogP contribution in [0.3, 0.4) is 0 Å². The lowest BCUT2D eigenvalue weighted by Crippen LogP contribution is -2.15. The fourth-order valence-corrected chi connectivity index (χ4v) is 2.51. The lowest BCUT2D eigenvalue weighted by Gasteiger charge is -2.15. The van der Waals surface area contributed by atoms with Gasteiger partial charge in [-0.1, -0.05) is 12.1 Å². The van der Waals surface area contributed by atoms with Crippen LogP contribution in [-0.2, 0) is 23.7 Å². The number of carbonyl (C=O) groups is 1. The lowest BCUT2D eigenvalue weighted by atomic mass is 10.0. The lowest BCUT2D eigenvalue weighted by molar-refractivity contribution is -0.138. The molecule has 0 aliphatic rings. The van der Waals surface area contributed by atoms with E-state index in [4.69, 9.17) is 4.74 Å². The molecule has 0 saturated carbocycles. The van der Waals surface area contributed by atoms with Gasteiger partial charge in [0, 0.05) is 13.6 Å². The maximum absolute atomic E-state index is 13.5. The van der Waals surface area contributed by atoms with Crippen molar-refractivity contribution in [3.05, 3.63) is 64.2 Å². The van der Waals surface area contributed by atoms with Crippen LogP contribution in [0.4, 0.5) is 32.0 Å². The van der Waals surface area contributed by atoms with Gasteiger partial charge < -0.3 is 9.64 Å². The number of nitrogens with zero attached hydrogens (tertiary/aromatic N) is 2. The number of rotatable bonds is 6. The summed E-state index contributed by atoms with van der Waals surface area (Å²) in [4.78, 5) is 17.8. The van der Waals surface area contributed by atoms with Crippen molar-refractivity contribution in [3.63, 3.8) is 0 Å². The van der Waals surface area contributed by atoms with E-state index in [0.717, 1.165) is 30.3 Å². The highest BCUT2D eigenvalue weighted by Gasteiger charge is 2.35. The Morgan fingerprint density at radius 3 is 2.19 bits per heavy atom. The van der Waals surface area contributed by atoms with Crippen LogP contribution in [0.5, 0.6) is 0 Å². The van der Waals surface area contributed by atoms with Crippen molar-refractivity contribution in [2.24, 2.45) is 4.99 Å². The number of hydrogen-bond acceptors (Lipinski definition) is 3. The number of halogens is 6. The summed E-state index contributed by atoms with van der Waals surface area (Å²) < 4.78 is 83.2. The fraction of sp³-hybridized carbons (Fsp3) is 0.333. The van der Waals surface area contributed by atoms with Gasteiger partial charge >= 0.3 is 18.3 Å². The van der Waals surface area contributed by atoms with Gasteiger partial charge in [-0.3, -0.25) is 0 Å². The molecule has 2 rings (SSSR count). The molecule has 10 heteroatoms. The zero-order valence-electron chi connectivity index (χ0n) is 16.9. The SMILES string of the molecule is CCN(C)C=Nc1cc(C)c(C(=O)OCc2ccc(C(F)(F)F)cc2)cc1C(F)(F)F. The number of carbonyl (C=O) groups excluding carboxylic acids is 1. The fourth-order valence-electron chi connectivity index (χ4n) is 2.51. The van der Waals surface area contributed by atoms with Crippen molar-refractivity contribution in [1.82, 2.24) is 4.90 Å². The molecule has 0 aliphatic heterocycles. The molecule has 0 saturated heterocycles. The highest BCUT2D eigenvalue weighted by molar-refractivity contribution is 5.92. The standard InChI is InChI=1S/C21H20F6N2O2/c1-4-29(3)12-28-18-9-13(2)16(10-17(18)21(25,26)27)19(30)31-11-14-5-7-15(8-6-14)20(22,23)24/h5-10,12H,4,11H2,1-3H3. The summed E-state index contributed by atoms with van der Waals surface area (Å²) in [6, 6.07) is 5.73. The monoisotopic (exact) mass is 446 g/mol. The first-order chi connectivity index (χ1) is 14.3. The number of aryl methyl sites for hydroxylation is 1. The van der Waals surface area contributed by atoms with E-state index in [1.165, 1.54) is 13.3 Å². The molecule has 0 N–H and O–H groups in total. The van der Waals surface area contributed by atoms with Gasteiger partial charge in [0.1, 0.15) is 6.61 Å². The zero-order chi connectivity index (χ0) is 23.4. The van der Waals surface area contributed by atoms with E-state index in [-0.39, 0.29) is 29.0 Å². The summed E-state index contributed by atoms with van der Waals surface area (Å²) in [6.07, 6.45) is -8.00. The Morgan fingerprint density at radius 1 is 1.06 bits per heavy atom. The molecule has 0 aliphatic carbocycles. The molecule has 31 heavy (non-hydrogen) atoms. The maximum atomic E-state index is 13.5. The smallest absolute Gasteiger partial charge is 0.418 e. The number of aliphatic imine (C=N–C) groups is 1. The average Bonchev–Trinajstić information content (AvgIpc) is 2.68. The van der Waals surface area contributed by atoms with Gasteiger partial charge in [0.15, 0.2) is 0 Å². The van der Waals surface area contributed by atoms with E-state index in [1.807, 2.05) is 0 Å². The molecule has 0 spiro atoms. The van der Waals surface area contributed by atoms with Crippen LogP contribution in [0, 0.1) is 6.92 Å². The molecule has 0 fully saturated rings. The van der Waals surface area contributed by atoms with Crippen molar-refractivity contribution in [2.75, 3.05) is 13.6 Å². The van der Waals surface area contributed by atoms with Crippen LogP contribution in [0.1, 0.15) is 39.5 Å². The van der Waals surface area contributed by atoms with Gasteiger partial charge in [-0.15, -0.1) is 0 Å². The van der Waals surface area contributed by atoms with Gasteiger partial charge in [-0.05, 0) is 49.2 Å². The van der Waals surface area contributed by atoms with Crippen molar-refractivity contribution in [1.29, 1.82) is 0 Å². The van der Waals surface area contributed by atoms with Crippen LogP contribution < -0.4 is 0 Å². The van der Waals surface area contributed by atoms with Crippen LogP contribution in [-0.4, -0.2) is 30.8 Å². The second-order valence-corrected chi connectivity index (χ2v) is 6.77. The van der Waals surface area contributed by atoms with E-state index in [1.54, 1.807) is 18.9 Å². The quantitative estimate of drug-likeness (QED) is 0.237. The van der Waals surface area contributed by atoms with Gasteiger partial charge in [0.2, 0.25) is 0 Å². The Morgan fingerprint density at radius 2 is 1.68 bits per heavy atom. The molecule has 0 heterocycles. The second-order valence-electron chi connectivity index (χ2n) is 6.77. The molecule has 2 aromatic carbocycles. The molecule has 0 amide bonds. The van der Waals surface area contributed by atoms with Crippen molar-refractivity contribution in [3.8, 4) is 0 Å². The molecule has 0 aromatic heterocycles. The van der Waals surface area contributed by atoms with Crippen molar-refractivity contribution < 1.29 is 35.9 Å². The molecule has 168 valence electrons. The van der Waals surface area contributed by atoms with E-state index in [9.17, 15) is 31.1 Å². The Bertz CT molecular complexity index is 950. The predicted octanol–water partition coefficient (Wildman–Crippen LogP) is 6.00. The Hall–Kier alpha value is -3.04. The van der Waals surface area contributed by atoms with Gasteiger partial charge in [0.25, 0.3) is 0 Å². The molecule has 0 bridgehead atoms. The van der Waals surface area contributed by atoms with Gasteiger partial charge in [-0.2, -0.15) is 26.3 Å². The summed E-state index contributed by atoms with van der Waals surface area (Å²) in [6.45, 7) is 3.40. The Balaban J connectivity index is 2.25. The third-order valence-corrected chi connectivity index (χ3v) is 4.41.